The molecule has 1 amide bonds. The molecule has 3 aromatic carbocycles. The fourth-order valence-corrected chi connectivity index (χ4v) is 3.33. The molecule has 4 heteroatoms. The van der Waals surface area contributed by atoms with E-state index in [0.29, 0.717) is 5.56 Å². The van der Waals surface area contributed by atoms with Crippen molar-refractivity contribution in [3.8, 4) is 11.1 Å². The van der Waals surface area contributed by atoms with Gasteiger partial charge >= 0.3 is 0 Å². The molecule has 4 rings (SSSR count). The Kier molecular flexibility index (Phi) is 3.06. The molecule has 1 heterocycles. The number of nitrogens with two attached hydrogens (primary N) is 2. The highest BCUT2D eigenvalue weighted by atomic mass is 16.1. The van der Waals surface area contributed by atoms with Crippen LogP contribution in [0.3, 0.4) is 0 Å². The van der Waals surface area contributed by atoms with Crippen molar-refractivity contribution in [1.29, 1.82) is 0 Å². The largest absolute Gasteiger partial charge is 0.398 e. The molecule has 0 fully saturated rings. The zero-order chi connectivity index (χ0) is 16.8. The number of rotatable bonds is 2. The van der Waals surface area contributed by atoms with Crippen LogP contribution in [0.15, 0.2) is 54.6 Å². The second-order valence-electron chi connectivity index (χ2n) is 5.97. The number of anilines is 1. The Balaban J connectivity index is 2.19. The predicted octanol–water partition coefficient (Wildman–Crippen LogP) is 3.98. The molecule has 0 bridgehead atoms. The molecule has 0 unspecified atom stereocenters. The number of fused-ring (bicyclic) bond motifs is 3. The van der Waals surface area contributed by atoms with Gasteiger partial charge in [0.15, 0.2) is 0 Å². The van der Waals surface area contributed by atoms with Gasteiger partial charge in [-0.15, -0.1) is 0 Å². The van der Waals surface area contributed by atoms with E-state index in [4.69, 9.17) is 11.5 Å². The lowest BCUT2D eigenvalue weighted by atomic mass is 9.93. The van der Waals surface area contributed by atoms with E-state index in [1.54, 1.807) is 6.07 Å². The lowest BCUT2D eigenvalue weighted by Gasteiger charge is -2.11. The highest BCUT2D eigenvalue weighted by Gasteiger charge is 2.17. The fourth-order valence-electron chi connectivity index (χ4n) is 3.33. The Hall–Kier alpha value is -3.27. The predicted molar refractivity (Wildman–Crippen MR) is 98.9 cm³/mol. The minimum absolute atomic E-state index is 0.442. The van der Waals surface area contributed by atoms with Crippen LogP contribution >= 0.6 is 0 Å². The Bertz CT molecular complexity index is 1110. The number of amides is 1. The first-order chi connectivity index (χ1) is 11.6. The van der Waals surface area contributed by atoms with Gasteiger partial charge in [-0.05, 0) is 41.8 Å². The molecule has 1 aromatic heterocycles. The van der Waals surface area contributed by atoms with Crippen LogP contribution < -0.4 is 11.5 Å². The van der Waals surface area contributed by atoms with Crippen LogP contribution in [0.1, 0.15) is 15.9 Å². The number of nitrogen functional groups attached to an aromatic ring is 1. The van der Waals surface area contributed by atoms with E-state index in [-0.39, 0.29) is 0 Å². The summed E-state index contributed by atoms with van der Waals surface area (Å²) in [5.41, 5.74) is 17.8. The molecule has 5 N–H and O–H groups in total. The number of aromatic nitrogens is 1. The number of primary amides is 1. The van der Waals surface area contributed by atoms with Crippen LogP contribution in [0.4, 0.5) is 5.69 Å². The summed E-state index contributed by atoms with van der Waals surface area (Å²) in [6.07, 6.45) is 0. The van der Waals surface area contributed by atoms with Gasteiger partial charge in [-0.2, -0.15) is 0 Å². The molecule has 118 valence electrons. The van der Waals surface area contributed by atoms with Gasteiger partial charge in [0.05, 0.1) is 11.1 Å². The monoisotopic (exact) mass is 315 g/mol. The molecule has 0 atom stereocenters. The summed E-state index contributed by atoms with van der Waals surface area (Å²) in [6, 6.07) is 17.6. The number of nitrogens with one attached hydrogen (secondary N) is 1. The van der Waals surface area contributed by atoms with E-state index in [1.807, 2.05) is 55.5 Å². The quantitative estimate of drug-likeness (QED) is 0.489. The van der Waals surface area contributed by atoms with Gasteiger partial charge in [-0.25, -0.2) is 0 Å². The van der Waals surface area contributed by atoms with Crippen LogP contribution in [0.2, 0.25) is 0 Å². The number of H-pyrrole nitrogens is 1. The summed E-state index contributed by atoms with van der Waals surface area (Å²) in [4.78, 5) is 15.2. The van der Waals surface area contributed by atoms with Gasteiger partial charge in [0.25, 0.3) is 5.91 Å². The van der Waals surface area contributed by atoms with Crippen LogP contribution in [-0.2, 0) is 0 Å². The Morgan fingerprint density at radius 3 is 2.54 bits per heavy atom. The van der Waals surface area contributed by atoms with Gasteiger partial charge in [-0.1, -0.05) is 36.4 Å². The van der Waals surface area contributed by atoms with Crippen LogP contribution in [0.5, 0.6) is 0 Å². The summed E-state index contributed by atoms with van der Waals surface area (Å²) in [5.74, 6) is -0.442. The van der Waals surface area contributed by atoms with E-state index in [2.05, 4.69) is 4.98 Å². The Morgan fingerprint density at radius 1 is 0.958 bits per heavy atom. The highest BCUT2D eigenvalue weighted by Crippen LogP contribution is 2.38. The topological polar surface area (TPSA) is 84.9 Å². The normalized spacial score (nSPS) is 11.2. The van der Waals surface area contributed by atoms with Crippen molar-refractivity contribution in [2.24, 2.45) is 5.73 Å². The average Bonchev–Trinajstić information content (AvgIpc) is 2.96. The summed E-state index contributed by atoms with van der Waals surface area (Å²) in [6.45, 7) is 2.01. The van der Waals surface area contributed by atoms with Gasteiger partial charge in [-0.3, -0.25) is 4.79 Å². The number of hydrogen-bond donors (Lipinski definition) is 3. The first kappa shape index (κ1) is 14.3. The van der Waals surface area contributed by atoms with Gasteiger partial charge in [0, 0.05) is 22.0 Å². The average molecular weight is 315 g/mol. The lowest BCUT2D eigenvalue weighted by Crippen LogP contribution is -2.11. The summed E-state index contributed by atoms with van der Waals surface area (Å²) in [7, 11) is 0. The summed E-state index contributed by atoms with van der Waals surface area (Å²) >= 11 is 0. The first-order valence-corrected chi connectivity index (χ1v) is 7.76. The van der Waals surface area contributed by atoms with Gasteiger partial charge < -0.3 is 16.5 Å². The van der Waals surface area contributed by atoms with Crippen LogP contribution in [-0.4, -0.2) is 10.9 Å². The Labute approximate surface area is 139 Å². The lowest BCUT2D eigenvalue weighted by molar-refractivity contribution is 0.100. The standard InChI is InChI=1S/C20H17N3O/c1-11-12(6-4-7-16(11)21)13-9-10-15(20(22)24)19-18(13)14-5-2-3-8-17(14)23-19/h2-10,23H,21H2,1H3,(H2,22,24). The van der Waals surface area contributed by atoms with Crippen molar-refractivity contribution < 1.29 is 4.79 Å². The maximum absolute atomic E-state index is 11.8. The van der Waals surface area contributed by atoms with Gasteiger partial charge in [0.2, 0.25) is 0 Å². The third-order valence-corrected chi connectivity index (χ3v) is 4.59. The molecule has 24 heavy (non-hydrogen) atoms. The molecule has 0 aliphatic rings. The van der Waals surface area contributed by atoms with E-state index in [1.165, 1.54) is 0 Å². The van der Waals surface area contributed by atoms with Gasteiger partial charge in [0.1, 0.15) is 0 Å². The maximum atomic E-state index is 11.8. The number of carbonyl (C=O) groups excluding carboxylic acids is 1. The minimum atomic E-state index is -0.442. The van der Waals surface area contributed by atoms with Crippen molar-refractivity contribution in [2.75, 3.05) is 5.73 Å². The van der Waals surface area contributed by atoms with E-state index in [0.717, 1.165) is 44.2 Å². The number of carbonyl (C=O) groups is 1. The third kappa shape index (κ3) is 1.97. The molecule has 0 aliphatic heterocycles. The second kappa shape index (κ2) is 5.13. The van der Waals surface area contributed by atoms with Crippen molar-refractivity contribution >= 4 is 33.4 Å². The molecule has 0 spiro atoms. The van der Waals surface area contributed by atoms with Crippen LogP contribution in [0.25, 0.3) is 32.9 Å². The maximum Gasteiger partial charge on any atom is 0.250 e. The van der Waals surface area contributed by atoms with Crippen molar-refractivity contribution in [3.05, 3.63) is 65.7 Å². The number of aromatic amines is 1. The molecular weight excluding hydrogens is 298 g/mol. The zero-order valence-corrected chi connectivity index (χ0v) is 13.3. The molecule has 4 nitrogen and oxygen atoms in total. The molecule has 0 saturated heterocycles. The first-order valence-electron chi connectivity index (χ1n) is 7.76. The van der Waals surface area contributed by atoms with E-state index in [9.17, 15) is 4.79 Å². The fraction of sp³-hybridized carbons (Fsp3) is 0.0500. The van der Waals surface area contributed by atoms with E-state index < -0.39 is 5.91 Å². The molecular formula is C20H17N3O. The van der Waals surface area contributed by atoms with Crippen molar-refractivity contribution in [1.82, 2.24) is 4.98 Å². The summed E-state index contributed by atoms with van der Waals surface area (Å²) in [5, 5.41) is 2.06. The van der Waals surface area contributed by atoms with E-state index >= 15 is 0 Å². The smallest absolute Gasteiger partial charge is 0.250 e. The second-order valence-corrected chi connectivity index (χ2v) is 5.97. The Morgan fingerprint density at radius 2 is 1.75 bits per heavy atom. The zero-order valence-electron chi connectivity index (χ0n) is 13.3. The number of hydrogen-bond acceptors (Lipinski definition) is 2. The van der Waals surface area contributed by atoms with Crippen molar-refractivity contribution in [2.45, 2.75) is 6.92 Å². The van der Waals surface area contributed by atoms with Crippen LogP contribution in [0, 0.1) is 6.92 Å². The molecule has 0 saturated carbocycles. The minimum Gasteiger partial charge on any atom is -0.398 e. The highest BCUT2D eigenvalue weighted by molar-refractivity contribution is 6.20. The molecule has 0 aliphatic carbocycles. The summed E-state index contributed by atoms with van der Waals surface area (Å²) < 4.78 is 0. The third-order valence-electron chi connectivity index (χ3n) is 4.59. The number of benzene rings is 3. The SMILES string of the molecule is Cc1c(N)cccc1-c1ccc(C(N)=O)c2[nH]c3ccccc3c12. The molecule has 4 aromatic rings. The number of para-hydroxylation sites is 1. The van der Waals surface area contributed by atoms with Crippen molar-refractivity contribution in [3.63, 3.8) is 0 Å². The molecule has 0 radical (unpaired) electrons.